The van der Waals surface area contributed by atoms with Gasteiger partial charge in [0.25, 0.3) is 0 Å². The summed E-state index contributed by atoms with van der Waals surface area (Å²) in [5.74, 6) is -0.387. The Labute approximate surface area is 191 Å². The number of amides is 2. The van der Waals surface area contributed by atoms with Gasteiger partial charge in [0.2, 0.25) is 5.91 Å². The minimum absolute atomic E-state index is 0.0461. The van der Waals surface area contributed by atoms with Crippen LogP contribution in [0.15, 0.2) is 95.2 Å². The molecule has 0 aromatic heterocycles. The number of likely N-dealkylation sites (tertiary alicyclic amines) is 1. The lowest BCUT2D eigenvalue weighted by atomic mass is 10.2. The van der Waals surface area contributed by atoms with Crippen LogP contribution in [0.5, 0.6) is 0 Å². The van der Waals surface area contributed by atoms with Crippen molar-refractivity contribution in [1.29, 1.82) is 0 Å². The van der Waals surface area contributed by atoms with Gasteiger partial charge in [-0.25, -0.2) is 4.79 Å². The minimum Gasteiger partial charge on any atom is -0.445 e. The Bertz CT molecular complexity index is 1100. The molecule has 0 bridgehead atoms. The third-order valence-electron chi connectivity index (χ3n) is 5.19. The molecule has 3 aromatic carbocycles. The van der Waals surface area contributed by atoms with Crippen molar-refractivity contribution in [3.8, 4) is 0 Å². The van der Waals surface area contributed by atoms with Crippen LogP contribution >= 0.6 is 0 Å². The number of nitrogens with one attached hydrogen (secondary N) is 1. The first-order valence-corrected chi connectivity index (χ1v) is 10.6. The van der Waals surface area contributed by atoms with Crippen LogP contribution in [0.2, 0.25) is 0 Å². The highest BCUT2D eigenvalue weighted by atomic mass is 16.6. The van der Waals surface area contributed by atoms with Gasteiger partial charge in [0.15, 0.2) is 0 Å². The lowest BCUT2D eigenvalue weighted by Gasteiger charge is -2.23. The third kappa shape index (κ3) is 6.02. The molecule has 0 saturated carbocycles. The summed E-state index contributed by atoms with van der Waals surface area (Å²) in [6.45, 7) is 0.143. The van der Waals surface area contributed by atoms with E-state index in [9.17, 15) is 14.7 Å². The van der Waals surface area contributed by atoms with E-state index in [0.717, 1.165) is 11.3 Å². The number of hydrogen-bond donors (Lipinski definition) is 2. The average Bonchev–Trinajstić information content (AvgIpc) is 3.25. The van der Waals surface area contributed by atoms with Crippen molar-refractivity contribution >= 4 is 29.1 Å². The Morgan fingerprint density at radius 2 is 1.52 bits per heavy atom. The number of carbonyl (C=O) groups is 2. The summed E-state index contributed by atoms with van der Waals surface area (Å²) in [4.78, 5) is 26.7. The van der Waals surface area contributed by atoms with E-state index in [1.54, 1.807) is 24.3 Å². The second-order valence-corrected chi connectivity index (χ2v) is 7.67. The maximum Gasteiger partial charge on any atom is 0.410 e. The standard InChI is InChI=1S/C25H24N4O4/c30-22-15-23(29(16-22)25(32)33-17-18-7-3-1-4-8-18)24(31)26-19-11-13-21(14-12-19)28-27-20-9-5-2-6-10-20/h1-14,22-23,30H,15-17H2,(H,26,31)/t22-,23-/m0/s1. The van der Waals surface area contributed by atoms with Crippen LogP contribution in [0.4, 0.5) is 21.9 Å². The summed E-state index contributed by atoms with van der Waals surface area (Å²) >= 11 is 0. The van der Waals surface area contributed by atoms with Gasteiger partial charge in [-0.15, -0.1) is 0 Å². The fourth-order valence-electron chi connectivity index (χ4n) is 3.51. The van der Waals surface area contributed by atoms with E-state index in [-0.39, 0.29) is 25.5 Å². The molecule has 0 unspecified atom stereocenters. The molecule has 168 valence electrons. The smallest absolute Gasteiger partial charge is 0.410 e. The van der Waals surface area contributed by atoms with Crippen molar-refractivity contribution < 1.29 is 19.4 Å². The van der Waals surface area contributed by atoms with E-state index >= 15 is 0 Å². The molecule has 8 heteroatoms. The van der Waals surface area contributed by atoms with Gasteiger partial charge in [-0.05, 0) is 42.0 Å². The number of aliphatic hydroxyl groups excluding tert-OH is 1. The highest BCUT2D eigenvalue weighted by Gasteiger charge is 2.39. The van der Waals surface area contributed by atoms with Gasteiger partial charge >= 0.3 is 6.09 Å². The van der Waals surface area contributed by atoms with E-state index in [2.05, 4.69) is 15.5 Å². The zero-order valence-electron chi connectivity index (χ0n) is 17.9. The monoisotopic (exact) mass is 444 g/mol. The van der Waals surface area contributed by atoms with E-state index < -0.39 is 18.2 Å². The summed E-state index contributed by atoms with van der Waals surface area (Å²) in [6.07, 6.45) is -1.27. The number of hydrogen-bond acceptors (Lipinski definition) is 6. The lowest BCUT2D eigenvalue weighted by Crippen LogP contribution is -2.43. The second-order valence-electron chi connectivity index (χ2n) is 7.67. The highest BCUT2D eigenvalue weighted by molar-refractivity contribution is 5.97. The second kappa shape index (κ2) is 10.5. The van der Waals surface area contributed by atoms with Gasteiger partial charge < -0.3 is 15.2 Å². The van der Waals surface area contributed by atoms with Gasteiger partial charge in [0.05, 0.1) is 24.0 Å². The first-order chi connectivity index (χ1) is 16.1. The topological polar surface area (TPSA) is 104 Å². The van der Waals surface area contributed by atoms with E-state index in [1.165, 1.54) is 4.90 Å². The van der Waals surface area contributed by atoms with Gasteiger partial charge in [0.1, 0.15) is 12.6 Å². The molecule has 33 heavy (non-hydrogen) atoms. The Kier molecular flexibility index (Phi) is 7.06. The maximum absolute atomic E-state index is 12.8. The molecule has 1 fully saturated rings. The van der Waals surface area contributed by atoms with Crippen molar-refractivity contribution in [2.75, 3.05) is 11.9 Å². The molecule has 1 aliphatic heterocycles. The number of aliphatic hydroxyl groups is 1. The van der Waals surface area contributed by atoms with Crippen LogP contribution in [0.3, 0.4) is 0 Å². The zero-order chi connectivity index (χ0) is 23.0. The van der Waals surface area contributed by atoms with E-state index in [1.807, 2.05) is 60.7 Å². The molecule has 2 atom stereocenters. The van der Waals surface area contributed by atoms with Gasteiger partial charge in [0, 0.05) is 12.1 Å². The van der Waals surface area contributed by atoms with Crippen molar-refractivity contribution in [2.24, 2.45) is 10.2 Å². The van der Waals surface area contributed by atoms with Crippen LogP contribution in [0.25, 0.3) is 0 Å². The number of ether oxygens (including phenoxy) is 1. The SMILES string of the molecule is O=C(Nc1ccc(N=Nc2ccccc2)cc1)[C@@H]1C[C@H](O)CN1C(=O)OCc1ccccc1. The summed E-state index contributed by atoms with van der Waals surface area (Å²) in [7, 11) is 0. The van der Waals surface area contributed by atoms with Crippen LogP contribution in [-0.2, 0) is 16.1 Å². The molecule has 0 spiro atoms. The lowest BCUT2D eigenvalue weighted by molar-refractivity contribution is -0.120. The molecule has 0 aliphatic carbocycles. The maximum atomic E-state index is 12.8. The zero-order valence-corrected chi connectivity index (χ0v) is 17.9. The Balaban J connectivity index is 1.35. The largest absolute Gasteiger partial charge is 0.445 e. The summed E-state index contributed by atoms with van der Waals surface area (Å²) in [5.41, 5.74) is 2.78. The summed E-state index contributed by atoms with van der Waals surface area (Å²) in [6, 6.07) is 24.7. The summed E-state index contributed by atoms with van der Waals surface area (Å²) in [5, 5.41) is 21.2. The van der Waals surface area contributed by atoms with Crippen molar-refractivity contribution in [1.82, 2.24) is 4.90 Å². The Hall–Kier alpha value is -4.04. The molecule has 4 rings (SSSR count). The number of rotatable bonds is 6. The Morgan fingerprint density at radius 3 is 2.18 bits per heavy atom. The molecule has 1 heterocycles. The molecule has 8 nitrogen and oxygen atoms in total. The number of benzene rings is 3. The minimum atomic E-state index is -0.819. The number of nitrogens with zero attached hydrogens (tertiary/aromatic N) is 3. The van der Waals surface area contributed by atoms with Crippen LogP contribution in [0.1, 0.15) is 12.0 Å². The molecule has 1 aliphatic rings. The first-order valence-electron chi connectivity index (χ1n) is 10.6. The van der Waals surface area contributed by atoms with E-state index in [0.29, 0.717) is 11.4 Å². The van der Waals surface area contributed by atoms with E-state index in [4.69, 9.17) is 4.74 Å². The number of anilines is 1. The van der Waals surface area contributed by atoms with Crippen LogP contribution in [-0.4, -0.2) is 40.7 Å². The predicted molar refractivity (Wildman–Crippen MR) is 123 cm³/mol. The molecular formula is C25H24N4O4. The number of azo groups is 1. The molecular weight excluding hydrogens is 420 g/mol. The molecule has 0 radical (unpaired) electrons. The normalized spacial score (nSPS) is 17.8. The fraction of sp³-hybridized carbons (Fsp3) is 0.200. The number of β-amino-alcohol motifs (C(OH)–C–C–N with tert-alkyl or cyclic N) is 1. The van der Waals surface area contributed by atoms with Crippen molar-refractivity contribution in [3.05, 3.63) is 90.5 Å². The average molecular weight is 444 g/mol. The van der Waals surface area contributed by atoms with Gasteiger partial charge in [-0.3, -0.25) is 9.69 Å². The molecule has 3 aromatic rings. The molecule has 2 N–H and O–H groups in total. The molecule has 1 saturated heterocycles. The fourth-order valence-corrected chi connectivity index (χ4v) is 3.51. The number of carbonyl (C=O) groups excluding carboxylic acids is 2. The highest BCUT2D eigenvalue weighted by Crippen LogP contribution is 2.23. The Morgan fingerprint density at radius 1 is 0.909 bits per heavy atom. The van der Waals surface area contributed by atoms with Crippen molar-refractivity contribution in [3.63, 3.8) is 0 Å². The predicted octanol–water partition coefficient (Wildman–Crippen LogP) is 4.81. The quantitative estimate of drug-likeness (QED) is 0.532. The van der Waals surface area contributed by atoms with Gasteiger partial charge in [-0.1, -0.05) is 48.5 Å². The van der Waals surface area contributed by atoms with Crippen molar-refractivity contribution in [2.45, 2.75) is 25.2 Å². The molecule has 2 amide bonds. The van der Waals surface area contributed by atoms with Gasteiger partial charge in [-0.2, -0.15) is 10.2 Å². The first kappa shape index (κ1) is 22.2. The third-order valence-corrected chi connectivity index (χ3v) is 5.19. The van der Waals surface area contributed by atoms with Crippen LogP contribution in [0, 0.1) is 0 Å². The summed E-state index contributed by atoms with van der Waals surface area (Å²) < 4.78 is 5.34. The van der Waals surface area contributed by atoms with Crippen LogP contribution < -0.4 is 5.32 Å².